The number of nitriles is 1. The maximum absolute atomic E-state index is 12.8. The Morgan fingerprint density at radius 1 is 1.21 bits per heavy atom. The van der Waals surface area contributed by atoms with Gasteiger partial charge in [0.15, 0.2) is 5.16 Å². The molecule has 0 fully saturated rings. The van der Waals surface area contributed by atoms with Gasteiger partial charge in [0.1, 0.15) is 0 Å². The van der Waals surface area contributed by atoms with E-state index in [1.807, 2.05) is 56.3 Å². The van der Waals surface area contributed by atoms with Gasteiger partial charge in [-0.15, -0.1) is 0 Å². The van der Waals surface area contributed by atoms with Crippen LogP contribution in [-0.4, -0.2) is 9.55 Å². The molecule has 24 heavy (non-hydrogen) atoms. The van der Waals surface area contributed by atoms with E-state index in [2.05, 4.69) is 11.1 Å². The molecule has 0 aliphatic rings. The summed E-state index contributed by atoms with van der Waals surface area (Å²) in [7, 11) is 0. The fourth-order valence-corrected chi connectivity index (χ4v) is 3.63. The van der Waals surface area contributed by atoms with Crippen LogP contribution in [0.4, 0.5) is 0 Å². The Hall–Kier alpha value is -2.58. The van der Waals surface area contributed by atoms with Crippen LogP contribution in [0, 0.1) is 11.3 Å². The lowest BCUT2D eigenvalue weighted by atomic mass is 10.2. The molecular formula is C19H17N3OS. The molecule has 0 aliphatic carbocycles. The fourth-order valence-electron chi connectivity index (χ4n) is 2.56. The molecular weight excluding hydrogens is 318 g/mol. The first kappa shape index (κ1) is 16.3. The Morgan fingerprint density at radius 2 is 2.00 bits per heavy atom. The van der Waals surface area contributed by atoms with E-state index < -0.39 is 0 Å². The van der Waals surface area contributed by atoms with Crippen LogP contribution in [0.2, 0.25) is 0 Å². The molecule has 0 aliphatic heterocycles. The van der Waals surface area contributed by atoms with E-state index in [9.17, 15) is 4.79 Å². The molecule has 0 amide bonds. The summed E-state index contributed by atoms with van der Waals surface area (Å²) in [6.45, 7) is 3.97. The number of rotatable bonds is 4. The van der Waals surface area contributed by atoms with Crippen LogP contribution < -0.4 is 5.56 Å². The van der Waals surface area contributed by atoms with E-state index in [0.29, 0.717) is 27.4 Å². The Bertz CT molecular complexity index is 986. The number of nitrogens with zero attached hydrogens (tertiary/aromatic N) is 3. The molecule has 1 aromatic heterocycles. The van der Waals surface area contributed by atoms with Crippen molar-refractivity contribution in [2.24, 2.45) is 0 Å². The highest BCUT2D eigenvalue weighted by atomic mass is 32.2. The van der Waals surface area contributed by atoms with E-state index in [4.69, 9.17) is 5.26 Å². The Balaban J connectivity index is 2.00. The molecule has 0 unspecified atom stereocenters. The smallest absolute Gasteiger partial charge is 0.262 e. The second kappa shape index (κ2) is 6.90. The summed E-state index contributed by atoms with van der Waals surface area (Å²) in [5, 5.41) is 10.3. The largest absolute Gasteiger partial charge is 0.285 e. The fraction of sp³-hybridized carbons (Fsp3) is 0.211. The third kappa shape index (κ3) is 3.19. The van der Waals surface area contributed by atoms with Crippen molar-refractivity contribution in [2.45, 2.75) is 30.8 Å². The molecule has 0 atom stereocenters. The number of para-hydroxylation sites is 1. The number of hydrogen-bond acceptors (Lipinski definition) is 4. The molecule has 2 aromatic carbocycles. The zero-order valence-electron chi connectivity index (χ0n) is 13.6. The molecule has 5 heteroatoms. The lowest BCUT2D eigenvalue weighted by Gasteiger charge is -2.16. The molecule has 0 N–H and O–H groups in total. The zero-order chi connectivity index (χ0) is 17.1. The maximum Gasteiger partial charge on any atom is 0.262 e. The topological polar surface area (TPSA) is 58.7 Å². The quantitative estimate of drug-likeness (QED) is 0.531. The number of thioether (sulfide) groups is 1. The van der Waals surface area contributed by atoms with Crippen LogP contribution in [0.5, 0.6) is 0 Å². The minimum atomic E-state index is -0.0103. The van der Waals surface area contributed by atoms with Crippen molar-refractivity contribution in [2.75, 3.05) is 0 Å². The summed E-state index contributed by atoms with van der Waals surface area (Å²) < 4.78 is 1.74. The van der Waals surface area contributed by atoms with E-state index >= 15 is 0 Å². The van der Waals surface area contributed by atoms with E-state index in [1.54, 1.807) is 10.6 Å². The van der Waals surface area contributed by atoms with Crippen LogP contribution in [0.25, 0.3) is 10.9 Å². The van der Waals surface area contributed by atoms with Crippen molar-refractivity contribution in [3.05, 3.63) is 70.0 Å². The summed E-state index contributed by atoms with van der Waals surface area (Å²) in [6, 6.07) is 17.1. The van der Waals surface area contributed by atoms with Gasteiger partial charge in [-0.25, -0.2) is 4.98 Å². The number of benzene rings is 2. The van der Waals surface area contributed by atoms with Gasteiger partial charge in [0.25, 0.3) is 5.56 Å². The van der Waals surface area contributed by atoms with Gasteiger partial charge in [0, 0.05) is 11.8 Å². The second-order valence-corrected chi connectivity index (χ2v) is 6.72. The minimum Gasteiger partial charge on any atom is -0.285 e. The third-order valence-electron chi connectivity index (χ3n) is 3.72. The number of fused-ring (bicyclic) bond motifs is 1. The molecule has 120 valence electrons. The van der Waals surface area contributed by atoms with E-state index in [1.165, 1.54) is 11.8 Å². The Morgan fingerprint density at radius 3 is 2.75 bits per heavy atom. The number of aromatic nitrogens is 2. The van der Waals surface area contributed by atoms with E-state index in [0.717, 1.165) is 5.56 Å². The van der Waals surface area contributed by atoms with Crippen LogP contribution >= 0.6 is 11.8 Å². The van der Waals surface area contributed by atoms with Gasteiger partial charge in [0.2, 0.25) is 0 Å². The highest BCUT2D eigenvalue weighted by molar-refractivity contribution is 7.98. The zero-order valence-corrected chi connectivity index (χ0v) is 14.4. The average Bonchev–Trinajstić information content (AvgIpc) is 2.60. The van der Waals surface area contributed by atoms with Crippen molar-refractivity contribution in [3.63, 3.8) is 0 Å². The number of hydrogen-bond donors (Lipinski definition) is 0. The van der Waals surface area contributed by atoms with E-state index in [-0.39, 0.29) is 11.6 Å². The SMILES string of the molecule is CC(C)n1c(SCc2cccc(C#N)c2)nc2ccccc2c1=O. The molecule has 3 aromatic rings. The van der Waals surface area contributed by atoms with Crippen LogP contribution in [0.1, 0.15) is 31.0 Å². The molecule has 0 saturated carbocycles. The van der Waals surface area contributed by atoms with Gasteiger partial charge in [0.05, 0.1) is 22.5 Å². The Labute approximate surface area is 144 Å². The first-order chi connectivity index (χ1) is 11.6. The van der Waals surface area contributed by atoms with Crippen LogP contribution in [-0.2, 0) is 5.75 Å². The molecule has 0 saturated heterocycles. The lowest BCUT2D eigenvalue weighted by molar-refractivity contribution is 0.519. The van der Waals surface area contributed by atoms with Crippen molar-refractivity contribution in [3.8, 4) is 6.07 Å². The standard InChI is InChI=1S/C19H17N3OS/c1-13(2)22-18(23)16-8-3-4-9-17(16)21-19(22)24-12-15-7-5-6-14(10-15)11-20/h3-10,13H,12H2,1-2H3. The van der Waals surface area contributed by atoms with Gasteiger partial charge in [-0.1, -0.05) is 36.0 Å². The van der Waals surface area contributed by atoms with Gasteiger partial charge in [-0.2, -0.15) is 5.26 Å². The predicted molar refractivity (Wildman–Crippen MR) is 97.1 cm³/mol. The maximum atomic E-state index is 12.8. The average molecular weight is 335 g/mol. The van der Waals surface area contributed by atoms with Gasteiger partial charge < -0.3 is 0 Å². The van der Waals surface area contributed by atoms with Crippen molar-refractivity contribution in [1.29, 1.82) is 5.26 Å². The first-order valence-electron chi connectivity index (χ1n) is 7.73. The predicted octanol–water partition coefficient (Wildman–Crippen LogP) is 4.14. The summed E-state index contributed by atoms with van der Waals surface area (Å²) in [6.07, 6.45) is 0. The van der Waals surface area contributed by atoms with Gasteiger partial charge in [-0.3, -0.25) is 9.36 Å². The van der Waals surface area contributed by atoms with Crippen molar-refractivity contribution >= 4 is 22.7 Å². The molecule has 4 nitrogen and oxygen atoms in total. The van der Waals surface area contributed by atoms with Crippen molar-refractivity contribution in [1.82, 2.24) is 9.55 Å². The normalized spacial score (nSPS) is 10.9. The minimum absolute atomic E-state index is 0.0103. The van der Waals surface area contributed by atoms with Gasteiger partial charge in [-0.05, 0) is 43.7 Å². The highest BCUT2D eigenvalue weighted by Crippen LogP contribution is 2.24. The first-order valence-corrected chi connectivity index (χ1v) is 8.72. The van der Waals surface area contributed by atoms with Crippen LogP contribution in [0.15, 0.2) is 58.5 Å². The summed E-state index contributed by atoms with van der Waals surface area (Å²) >= 11 is 1.52. The Kier molecular flexibility index (Phi) is 4.68. The highest BCUT2D eigenvalue weighted by Gasteiger charge is 2.13. The molecule has 0 spiro atoms. The lowest BCUT2D eigenvalue weighted by Crippen LogP contribution is -2.25. The van der Waals surface area contributed by atoms with Crippen LogP contribution in [0.3, 0.4) is 0 Å². The third-order valence-corrected chi connectivity index (χ3v) is 4.74. The second-order valence-electron chi connectivity index (χ2n) is 5.78. The molecule has 3 rings (SSSR count). The molecule has 1 heterocycles. The molecule has 0 bridgehead atoms. The summed E-state index contributed by atoms with van der Waals surface area (Å²) in [5.74, 6) is 0.660. The molecule has 0 radical (unpaired) electrons. The van der Waals surface area contributed by atoms with Crippen molar-refractivity contribution < 1.29 is 0 Å². The summed E-state index contributed by atoms with van der Waals surface area (Å²) in [4.78, 5) is 17.4. The summed E-state index contributed by atoms with van der Waals surface area (Å²) in [5.41, 5.74) is 2.38. The van der Waals surface area contributed by atoms with Gasteiger partial charge >= 0.3 is 0 Å². The monoisotopic (exact) mass is 335 g/mol.